The fourth-order valence-electron chi connectivity index (χ4n) is 3.34. The van der Waals surface area contributed by atoms with Crippen molar-refractivity contribution in [3.63, 3.8) is 0 Å². The minimum absolute atomic E-state index is 0.0583. The summed E-state index contributed by atoms with van der Waals surface area (Å²) in [6, 6.07) is 13.3. The lowest BCUT2D eigenvalue weighted by atomic mass is 10.1. The largest absolute Gasteiger partial charge is 0.298 e. The summed E-state index contributed by atoms with van der Waals surface area (Å²) in [7, 11) is -3.91. The number of carbonyl (C=O) groups is 2. The molecule has 2 aromatic carbocycles. The third-order valence-electron chi connectivity index (χ3n) is 4.78. The number of hydrogen-bond acceptors (Lipinski definition) is 6. The molecule has 0 saturated heterocycles. The molecule has 1 amide bonds. The maximum Gasteiger partial charge on any atom is 0.253 e. The van der Waals surface area contributed by atoms with Crippen molar-refractivity contribution >= 4 is 55.9 Å². The smallest absolute Gasteiger partial charge is 0.253 e. The molecule has 1 aliphatic heterocycles. The lowest BCUT2D eigenvalue weighted by molar-refractivity contribution is -0.117. The van der Waals surface area contributed by atoms with Crippen LogP contribution in [0.1, 0.15) is 17.5 Å². The van der Waals surface area contributed by atoms with Gasteiger partial charge in [-0.25, -0.2) is 17.2 Å². The minimum Gasteiger partial charge on any atom is -0.298 e. The molecule has 0 spiro atoms. The molecular formula is C22H15ClF2N2O4S2. The predicted octanol–water partition coefficient (Wildman–Crippen LogP) is 4.41. The number of thiophene rings is 1. The fourth-order valence-corrected chi connectivity index (χ4v) is 6.16. The van der Waals surface area contributed by atoms with Crippen LogP contribution in [0.5, 0.6) is 0 Å². The van der Waals surface area contributed by atoms with Crippen molar-refractivity contribution < 1.29 is 26.8 Å². The maximum absolute atomic E-state index is 14.8. The van der Waals surface area contributed by atoms with E-state index in [1.54, 1.807) is 30.3 Å². The quantitative estimate of drug-likeness (QED) is 0.473. The highest BCUT2D eigenvalue weighted by atomic mass is 35.5. The van der Waals surface area contributed by atoms with Crippen molar-refractivity contribution in [3.05, 3.63) is 81.7 Å². The highest BCUT2D eigenvalue weighted by molar-refractivity contribution is 7.94. The van der Waals surface area contributed by atoms with E-state index in [-0.39, 0.29) is 20.5 Å². The number of amides is 1. The van der Waals surface area contributed by atoms with E-state index in [1.165, 1.54) is 12.1 Å². The van der Waals surface area contributed by atoms with Crippen LogP contribution >= 0.6 is 22.9 Å². The SMILES string of the molecule is O=C(Cc1cc(F)c(N2N=C(c3ccccc3)CC2=O)c(F)c1)CS(=O)(=O)c1ccc(Cl)s1. The molecule has 170 valence electrons. The van der Waals surface area contributed by atoms with Crippen LogP contribution in [0.15, 0.2) is 63.9 Å². The van der Waals surface area contributed by atoms with E-state index in [0.717, 1.165) is 23.5 Å². The number of rotatable bonds is 7. The number of hydrogen-bond donors (Lipinski definition) is 0. The van der Waals surface area contributed by atoms with Gasteiger partial charge in [-0.15, -0.1) is 11.3 Å². The second kappa shape index (κ2) is 9.12. The third kappa shape index (κ3) is 5.02. The Kier molecular flexibility index (Phi) is 6.42. The molecule has 1 aliphatic rings. The molecule has 0 radical (unpaired) electrons. The van der Waals surface area contributed by atoms with E-state index in [2.05, 4.69) is 5.10 Å². The van der Waals surface area contributed by atoms with Gasteiger partial charge in [-0.1, -0.05) is 41.9 Å². The van der Waals surface area contributed by atoms with Crippen molar-refractivity contribution in [1.29, 1.82) is 0 Å². The molecule has 2 heterocycles. The van der Waals surface area contributed by atoms with Gasteiger partial charge in [-0.05, 0) is 35.4 Å². The van der Waals surface area contributed by atoms with E-state index in [0.29, 0.717) is 16.3 Å². The van der Waals surface area contributed by atoms with Crippen LogP contribution in [0.25, 0.3) is 0 Å². The Hall–Kier alpha value is -2.95. The van der Waals surface area contributed by atoms with E-state index in [1.807, 2.05) is 0 Å². The van der Waals surface area contributed by atoms with Crippen LogP contribution in [0.4, 0.5) is 14.5 Å². The summed E-state index contributed by atoms with van der Waals surface area (Å²) < 4.78 is 54.4. The summed E-state index contributed by atoms with van der Waals surface area (Å²) in [5.74, 6) is -4.34. The summed E-state index contributed by atoms with van der Waals surface area (Å²) in [6.07, 6.45) is -0.618. The number of anilines is 1. The van der Waals surface area contributed by atoms with Gasteiger partial charge >= 0.3 is 0 Å². The Morgan fingerprint density at radius 2 is 1.76 bits per heavy atom. The molecule has 0 aliphatic carbocycles. The van der Waals surface area contributed by atoms with Gasteiger partial charge in [0, 0.05) is 6.42 Å². The van der Waals surface area contributed by atoms with Crippen molar-refractivity contribution in [3.8, 4) is 0 Å². The second-order valence-corrected chi connectivity index (χ2v) is 11.2. The second-order valence-electron chi connectivity index (χ2n) is 7.24. The zero-order valence-corrected chi connectivity index (χ0v) is 19.2. The standard InChI is InChI=1S/C22H15ClF2N2O4S2/c23-19-6-7-21(32-19)33(30,31)12-15(28)8-13-9-16(24)22(17(25)10-13)27-20(29)11-18(26-27)14-4-2-1-3-5-14/h1-7,9-10H,8,11-12H2. The van der Waals surface area contributed by atoms with E-state index >= 15 is 0 Å². The number of hydrazone groups is 1. The van der Waals surface area contributed by atoms with Gasteiger partial charge < -0.3 is 0 Å². The minimum atomic E-state index is -3.91. The number of benzene rings is 2. The molecular weight excluding hydrogens is 494 g/mol. The van der Waals surface area contributed by atoms with Crippen LogP contribution < -0.4 is 5.01 Å². The summed E-state index contributed by atoms with van der Waals surface area (Å²) in [4.78, 5) is 24.7. The molecule has 0 fully saturated rings. The maximum atomic E-state index is 14.8. The van der Waals surface area contributed by atoms with Crippen LogP contribution in [-0.4, -0.2) is 31.6 Å². The monoisotopic (exact) mass is 508 g/mol. The molecule has 4 rings (SSSR count). The molecule has 0 unspecified atom stereocenters. The number of nitrogens with zero attached hydrogens (tertiary/aromatic N) is 2. The Labute approximate surface area is 197 Å². The number of Topliss-reactive ketones (excluding diaryl/α,β-unsaturated/α-hetero) is 1. The Morgan fingerprint density at radius 3 is 2.36 bits per heavy atom. The Bertz CT molecular complexity index is 1370. The van der Waals surface area contributed by atoms with Crippen molar-refractivity contribution in [2.75, 3.05) is 10.8 Å². The van der Waals surface area contributed by atoms with Crippen LogP contribution in [0, 0.1) is 11.6 Å². The first-order valence-corrected chi connectivity index (χ1v) is 12.4. The predicted molar refractivity (Wildman–Crippen MR) is 122 cm³/mol. The van der Waals surface area contributed by atoms with Gasteiger partial charge in [0.1, 0.15) is 15.6 Å². The van der Waals surface area contributed by atoms with Gasteiger partial charge in [0.15, 0.2) is 27.3 Å². The third-order valence-corrected chi connectivity index (χ3v) is 8.27. The summed E-state index contributed by atoms with van der Waals surface area (Å²) in [6.45, 7) is 0. The van der Waals surface area contributed by atoms with Gasteiger partial charge in [-0.2, -0.15) is 10.1 Å². The molecule has 33 heavy (non-hydrogen) atoms. The normalized spacial score (nSPS) is 14.0. The van der Waals surface area contributed by atoms with Gasteiger partial charge in [0.25, 0.3) is 5.91 Å². The lowest BCUT2D eigenvalue weighted by Crippen LogP contribution is -2.22. The average Bonchev–Trinajstić information content (AvgIpc) is 3.34. The highest BCUT2D eigenvalue weighted by Gasteiger charge is 2.31. The van der Waals surface area contributed by atoms with Crippen molar-refractivity contribution in [1.82, 2.24) is 0 Å². The average molecular weight is 509 g/mol. The summed E-state index contributed by atoms with van der Waals surface area (Å²) >= 11 is 6.56. The van der Waals surface area contributed by atoms with Crippen LogP contribution in [0.3, 0.4) is 0 Å². The summed E-state index contributed by atoms with van der Waals surface area (Å²) in [5, 5.41) is 4.74. The molecule has 0 saturated carbocycles. The first kappa shape index (κ1) is 23.2. The van der Waals surface area contributed by atoms with Crippen molar-refractivity contribution in [2.24, 2.45) is 5.10 Å². The zero-order valence-electron chi connectivity index (χ0n) is 16.8. The molecule has 0 atom stereocenters. The number of carbonyl (C=O) groups excluding carboxylic acids is 2. The van der Waals surface area contributed by atoms with Gasteiger partial charge in [-0.3, -0.25) is 9.59 Å². The Morgan fingerprint density at radius 1 is 1.09 bits per heavy atom. The molecule has 0 bridgehead atoms. The first-order chi connectivity index (χ1) is 15.6. The molecule has 11 heteroatoms. The number of halogens is 3. The highest BCUT2D eigenvalue weighted by Crippen LogP contribution is 2.30. The fraction of sp³-hybridized carbons (Fsp3) is 0.136. The van der Waals surface area contributed by atoms with E-state index in [4.69, 9.17) is 11.6 Å². The van der Waals surface area contributed by atoms with E-state index < -0.39 is 51.0 Å². The van der Waals surface area contributed by atoms with E-state index in [9.17, 15) is 26.8 Å². The van der Waals surface area contributed by atoms with Gasteiger partial charge in [0.05, 0.1) is 16.5 Å². The lowest BCUT2D eigenvalue weighted by Gasteiger charge is -2.14. The first-order valence-electron chi connectivity index (χ1n) is 9.57. The topological polar surface area (TPSA) is 83.9 Å². The van der Waals surface area contributed by atoms with Crippen LogP contribution in [-0.2, 0) is 25.8 Å². The molecule has 1 aromatic heterocycles. The van der Waals surface area contributed by atoms with Gasteiger partial charge in [0.2, 0.25) is 0 Å². The Balaban J connectivity index is 1.53. The van der Waals surface area contributed by atoms with Crippen LogP contribution in [0.2, 0.25) is 4.34 Å². The molecule has 6 nitrogen and oxygen atoms in total. The molecule has 3 aromatic rings. The number of sulfone groups is 1. The van der Waals surface area contributed by atoms with Crippen molar-refractivity contribution in [2.45, 2.75) is 17.1 Å². The zero-order chi connectivity index (χ0) is 23.8. The number of ketones is 1. The summed E-state index contributed by atoms with van der Waals surface area (Å²) in [5.41, 5.74) is 0.321. The molecule has 0 N–H and O–H groups in total.